The molecule has 0 saturated heterocycles. The summed E-state index contributed by atoms with van der Waals surface area (Å²) in [6, 6.07) is 9.45. The molecule has 6 heteroatoms. The molecule has 0 saturated carbocycles. The average molecular weight is 285 g/mol. The van der Waals surface area contributed by atoms with Crippen molar-refractivity contribution < 1.29 is 17.9 Å². The topological polar surface area (TPSA) is 22.1 Å². The highest BCUT2D eigenvalue weighted by atomic mass is 32.2. The number of rotatable bonds is 4. The van der Waals surface area contributed by atoms with Crippen molar-refractivity contribution in [1.29, 1.82) is 0 Å². The number of alkyl halides is 3. The van der Waals surface area contributed by atoms with Gasteiger partial charge in [-0.2, -0.15) is 13.2 Å². The monoisotopic (exact) mass is 285 g/mol. The van der Waals surface area contributed by atoms with Gasteiger partial charge >= 0.3 is 5.51 Å². The Balaban J connectivity index is 1.92. The summed E-state index contributed by atoms with van der Waals surface area (Å²) in [6.45, 7) is 0.355. The highest BCUT2D eigenvalue weighted by Gasteiger charge is 2.28. The zero-order valence-electron chi connectivity index (χ0n) is 9.72. The second-order valence-electron chi connectivity index (χ2n) is 3.66. The molecule has 1 heterocycles. The van der Waals surface area contributed by atoms with Crippen LogP contribution in [0.25, 0.3) is 0 Å². The summed E-state index contributed by atoms with van der Waals surface area (Å²) in [5.74, 6) is 0.531. The van der Waals surface area contributed by atoms with Crippen molar-refractivity contribution in [3.05, 3.63) is 54.4 Å². The number of aromatic nitrogens is 1. The van der Waals surface area contributed by atoms with E-state index in [1.54, 1.807) is 12.4 Å². The summed E-state index contributed by atoms with van der Waals surface area (Å²) >= 11 is -0.140. The number of pyridine rings is 1. The van der Waals surface area contributed by atoms with Crippen LogP contribution in [0.1, 0.15) is 5.56 Å². The van der Waals surface area contributed by atoms with Gasteiger partial charge in [0.15, 0.2) is 0 Å². The Kier molecular flexibility index (Phi) is 4.31. The molecule has 0 N–H and O–H groups in total. The molecule has 1 aromatic carbocycles. The Morgan fingerprint density at radius 2 is 1.63 bits per heavy atom. The summed E-state index contributed by atoms with van der Waals surface area (Å²) in [7, 11) is 0. The lowest BCUT2D eigenvalue weighted by Gasteiger charge is -2.08. The smallest absolute Gasteiger partial charge is 0.446 e. The van der Waals surface area contributed by atoms with Crippen molar-refractivity contribution in [2.24, 2.45) is 0 Å². The van der Waals surface area contributed by atoms with E-state index in [1.807, 2.05) is 12.1 Å². The fourth-order valence-electron chi connectivity index (χ4n) is 1.38. The van der Waals surface area contributed by atoms with Gasteiger partial charge < -0.3 is 4.74 Å². The maximum atomic E-state index is 12.1. The fraction of sp³-hybridized carbons (Fsp3) is 0.154. The van der Waals surface area contributed by atoms with Gasteiger partial charge in [-0.05, 0) is 53.7 Å². The van der Waals surface area contributed by atoms with Crippen LogP contribution in [0.4, 0.5) is 13.2 Å². The van der Waals surface area contributed by atoms with Crippen molar-refractivity contribution in [1.82, 2.24) is 4.98 Å². The Hall–Kier alpha value is -1.69. The maximum absolute atomic E-state index is 12.1. The standard InChI is InChI=1S/C13H10F3NOS/c14-13(15,16)19-12-3-1-11(2-4-12)18-9-10-5-7-17-8-6-10/h1-8H,9H2. The van der Waals surface area contributed by atoms with Crippen molar-refractivity contribution in [3.63, 3.8) is 0 Å². The molecule has 0 aliphatic heterocycles. The minimum atomic E-state index is -4.26. The summed E-state index contributed by atoms with van der Waals surface area (Å²) in [5, 5.41) is 0. The Morgan fingerprint density at radius 1 is 1.00 bits per heavy atom. The van der Waals surface area contributed by atoms with Crippen LogP contribution in [0.5, 0.6) is 5.75 Å². The van der Waals surface area contributed by atoms with Crippen molar-refractivity contribution in [2.75, 3.05) is 0 Å². The van der Waals surface area contributed by atoms with Gasteiger partial charge in [0.05, 0.1) is 0 Å². The number of thioether (sulfide) groups is 1. The third-order valence-electron chi connectivity index (χ3n) is 2.21. The van der Waals surface area contributed by atoms with Gasteiger partial charge in [-0.1, -0.05) is 0 Å². The minimum Gasteiger partial charge on any atom is -0.489 e. The van der Waals surface area contributed by atoms with E-state index in [4.69, 9.17) is 4.74 Å². The maximum Gasteiger partial charge on any atom is 0.446 e. The molecule has 0 amide bonds. The van der Waals surface area contributed by atoms with E-state index >= 15 is 0 Å². The molecule has 2 aromatic rings. The number of ether oxygens (including phenoxy) is 1. The molecule has 0 unspecified atom stereocenters. The van der Waals surface area contributed by atoms with Crippen LogP contribution in [0.15, 0.2) is 53.7 Å². The van der Waals surface area contributed by atoms with E-state index in [0.29, 0.717) is 12.4 Å². The van der Waals surface area contributed by atoms with Gasteiger partial charge in [-0.25, -0.2) is 0 Å². The largest absolute Gasteiger partial charge is 0.489 e. The lowest BCUT2D eigenvalue weighted by atomic mass is 10.3. The predicted octanol–water partition coefficient (Wildman–Crippen LogP) is 4.27. The van der Waals surface area contributed by atoms with Crippen LogP contribution in [0, 0.1) is 0 Å². The number of halogens is 3. The zero-order valence-corrected chi connectivity index (χ0v) is 10.5. The van der Waals surface area contributed by atoms with Crippen molar-refractivity contribution in [2.45, 2.75) is 17.0 Å². The van der Waals surface area contributed by atoms with E-state index in [-0.39, 0.29) is 16.7 Å². The van der Waals surface area contributed by atoms with Gasteiger partial charge in [0.2, 0.25) is 0 Å². The second kappa shape index (κ2) is 5.97. The first-order valence-electron chi connectivity index (χ1n) is 5.40. The van der Waals surface area contributed by atoms with E-state index < -0.39 is 5.51 Å². The minimum absolute atomic E-state index is 0.140. The molecule has 0 radical (unpaired) electrons. The van der Waals surface area contributed by atoms with E-state index in [1.165, 1.54) is 24.3 Å². The molecule has 100 valence electrons. The third kappa shape index (κ3) is 4.82. The molecule has 19 heavy (non-hydrogen) atoms. The summed E-state index contributed by atoms with van der Waals surface area (Å²) in [6.07, 6.45) is 3.31. The van der Waals surface area contributed by atoms with Crippen LogP contribution < -0.4 is 4.74 Å². The molecule has 0 fully saturated rings. The molecular weight excluding hydrogens is 275 g/mol. The van der Waals surface area contributed by atoms with Crippen molar-refractivity contribution >= 4 is 11.8 Å². The molecule has 0 aliphatic rings. The molecule has 2 nitrogen and oxygen atoms in total. The Bertz CT molecular complexity index is 514. The molecule has 0 atom stereocenters. The average Bonchev–Trinajstić information content (AvgIpc) is 2.37. The molecular formula is C13H10F3NOS. The number of nitrogens with zero attached hydrogens (tertiary/aromatic N) is 1. The second-order valence-corrected chi connectivity index (χ2v) is 4.80. The normalized spacial score (nSPS) is 11.3. The first kappa shape index (κ1) is 13.7. The van der Waals surface area contributed by atoms with Gasteiger partial charge in [-0.3, -0.25) is 4.98 Å². The lowest BCUT2D eigenvalue weighted by molar-refractivity contribution is -0.0328. The van der Waals surface area contributed by atoms with Crippen molar-refractivity contribution in [3.8, 4) is 5.75 Å². The number of hydrogen-bond donors (Lipinski definition) is 0. The zero-order chi connectivity index (χ0) is 13.7. The van der Waals surface area contributed by atoms with Crippen LogP contribution >= 0.6 is 11.8 Å². The summed E-state index contributed by atoms with van der Waals surface area (Å²) in [5.41, 5.74) is -3.32. The first-order chi connectivity index (χ1) is 9.03. The van der Waals surface area contributed by atoms with Crippen LogP contribution in [0.3, 0.4) is 0 Å². The van der Waals surface area contributed by atoms with Gasteiger partial charge in [0.1, 0.15) is 12.4 Å². The predicted molar refractivity (Wildman–Crippen MR) is 66.9 cm³/mol. The Morgan fingerprint density at radius 3 is 2.21 bits per heavy atom. The van der Waals surface area contributed by atoms with Gasteiger partial charge in [0.25, 0.3) is 0 Å². The van der Waals surface area contributed by atoms with E-state index in [0.717, 1.165) is 5.56 Å². The highest BCUT2D eigenvalue weighted by Crippen LogP contribution is 2.37. The number of hydrogen-bond acceptors (Lipinski definition) is 3. The van der Waals surface area contributed by atoms with Crippen LogP contribution in [-0.2, 0) is 6.61 Å². The molecule has 2 rings (SSSR count). The molecule has 0 spiro atoms. The molecule has 0 aliphatic carbocycles. The highest BCUT2D eigenvalue weighted by molar-refractivity contribution is 8.00. The quantitative estimate of drug-likeness (QED) is 0.783. The Labute approximate surface area is 112 Å². The van der Waals surface area contributed by atoms with Crippen LogP contribution in [-0.4, -0.2) is 10.5 Å². The van der Waals surface area contributed by atoms with Crippen LogP contribution in [0.2, 0.25) is 0 Å². The molecule has 1 aromatic heterocycles. The lowest BCUT2D eigenvalue weighted by Crippen LogP contribution is -1.99. The summed E-state index contributed by atoms with van der Waals surface area (Å²) < 4.78 is 41.9. The van der Waals surface area contributed by atoms with E-state index in [2.05, 4.69) is 4.98 Å². The number of benzene rings is 1. The van der Waals surface area contributed by atoms with Gasteiger partial charge in [0, 0.05) is 17.3 Å². The van der Waals surface area contributed by atoms with Gasteiger partial charge in [-0.15, -0.1) is 0 Å². The first-order valence-corrected chi connectivity index (χ1v) is 6.22. The summed E-state index contributed by atoms with van der Waals surface area (Å²) in [4.78, 5) is 4.02. The SMILES string of the molecule is FC(F)(F)Sc1ccc(OCc2ccncc2)cc1. The molecule has 0 bridgehead atoms. The fourth-order valence-corrected chi connectivity index (χ4v) is 1.92. The third-order valence-corrected chi connectivity index (χ3v) is 2.95. The van der Waals surface area contributed by atoms with E-state index in [9.17, 15) is 13.2 Å².